The number of methoxy groups -OCH3 is 2. The Morgan fingerprint density at radius 3 is 2.17 bits per heavy atom. The molecule has 4 heteroatoms. The van der Waals surface area contributed by atoms with E-state index in [0.29, 0.717) is 19.3 Å². The van der Waals surface area contributed by atoms with Crippen LogP contribution >= 0.6 is 0 Å². The first-order valence-electron chi connectivity index (χ1n) is 5.89. The average Bonchev–Trinajstić information content (AvgIpc) is 2.36. The van der Waals surface area contributed by atoms with Crippen molar-refractivity contribution in [2.45, 2.75) is 26.2 Å². The Kier molecular flexibility index (Phi) is 4.33. The zero-order valence-corrected chi connectivity index (χ0v) is 11.2. The number of allylic oxidation sites excluding steroid dienone is 2. The second-order valence-electron chi connectivity index (χ2n) is 4.81. The van der Waals surface area contributed by atoms with E-state index in [2.05, 4.69) is 13.2 Å². The minimum absolute atomic E-state index is 0.307. The monoisotopic (exact) mass is 252 g/mol. The molecule has 1 aliphatic rings. The van der Waals surface area contributed by atoms with Gasteiger partial charge in [0.2, 0.25) is 0 Å². The summed E-state index contributed by atoms with van der Waals surface area (Å²) in [6, 6.07) is 0. The third-order valence-electron chi connectivity index (χ3n) is 3.65. The number of esters is 2. The summed E-state index contributed by atoms with van der Waals surface area (Å²) in [7, 11) is 2.57. The summed E-state index contributed by atoms with van der Waals surface area (Å²) < 4.78 is 9.64. The Hall–Kier alpha value is -1.58. The number of ether oxygens (including phenoxy) is 2. The second-order valence-corrected chi connectivity index (χ2v) is 4.81. The molecule has 1 rings (SSSR count). The molecule has 0 heterocycles. The smallest absolute Gasteiger partial charge is 0.323 e. The van der Waals surface area contributed by atoms with Crippen molar-refractivity contribution < 1.29 is 19.1 Å². The molecule has 1 fully saturated rings. The van der Waals surface area contributed by atoms with Gasteiger partial charge in [-0.2, -0.15) is 0 Å². The standard InChI is InChI=1S/C14H20O4/c1-9(2)11-8-10(3)6-7-14(11,12(15)17-4)13(16)18-5/h11H,1,3,6-8H2,2,4-5H3. The lowest BCUT2D eigenvalue weighted by Crippen LogP contribution is -2.49. The van der Waals surface area contributed by atoms with E-state index in [1.165, 1.54) is 14.2 Å². The van der Waals surface area contributed by atoms with Crippen LogP contribution < -0.4 is 0 Å². The zero-order valence-electron chi connectivity index (χ0n) is 11.2. The molecule has 1 atom stereocenters. The first kappa shape index (κ1) is 14.5. The number of carbonyl (C=O) groups excluding carboxylic acids is 2. The summed E-state index contributed by atoms with van der Waals surface area (Å²) in [6.45, 7) is 9.63. The van der Waals surface area contributed by atoms with Crippen molar-refractivity contribution in [1.82, 2.24) is 0 Å². The third-order valence-corrected chi connectivity index (χ3v) is 3.65. The van der Waals surface area contributed by atoms with Crippen molar-refractivity contribution in [3.05, 3.63) is 24.3 Å². The van der Waals surface area contributed by atoms with Crippen LogP contribution in [-0.2, 0) is 19.1 Å². The van der Waals surface area contributed by atoms with Gasteiger partial charge in [0.1, 0.15) is 0 Å². The maximum Gasteiger partial charge on any atom is 0.323 e. The molecule has 0 amide bonds. The molecule has 1 unspecified atom stereocenters. The van der Waals surface area contributed by atoms with Gasteiger partial charge in [-0.1, -0.05) is 24.3 Å². The number of hydrogen-bond acceptors (Lipinski definition) is 4. The molecule has 0 aliphatic heterocycles. The molecule has 0 N–H and O–H groups in total. The van der Waals surface area contributed by atoms with Gasteiger partial charge in [0, 0.05) is 5.92 Å². The Bertz CT molecular complexity index is 379. The highest BCUT2D eigenvalue weighted by Gasteiger charge is 2.56. The minimum Gasteiger partial charge on any atom is -0.468 e. The van der Waals surface area contributed by atoms with Crippen LogP contribution in [0.1, 0.15) is 26.2 Å². The van der Waals surface area contributed by atoms with Gasteiger partial charge >= 0.3 is 11.9 Å². The number of hydrogen-bond donors (Lipinski definition) is 0. The van der Waals surface area contributed by atoms with E-state index in [9.17, 15) is 9.59 Å². The Labute approximate surface area is 108 Å². The fourth-order valence-electron chi connectivity index (χ4n) is 2.64. The molecule has 4 nitrogen and oxygen atoms in total. The topological polar surface area (TPSA) is 52.6 Å². The molecule has 1 aliphatic carbocycles. The molecule has 0 bridgehead atoms. The van der Waals surface area contributed by atoms with E-state index in [1.807, 2.05) is 6.92 Å². The van der Waals surface area contributed by atoms with E-state index in [0.717, 1.165) is 11.1 Å². The minimum atomic E-state index is -1.27. The first-order chi connectivity index (χ1) is 8.40. The summed E-state index contributed by atoms with van der Waals surface area (Å²) in [5, 5.41) is 0. The van der Waals surface area contributed by atoms with Crippen LogP contribution in [-0.4, -0.2) is 26.2 Å². The Morgan fingerprint density at radius 1 is 1.28 bits per heavy atom. The summed E-state index contributed by atoms with van der Waals surface area (Å²) in [5.74, 6) is -1.40. The normalized spacial score (nSPS) is 22.2. The van der Waals surface area contributed by atoms with Crippen LogP contribution in [0, 0.1) is 11.3 Å². The zero-order chi connectivity index (χ0) is 13.9. The van der Waals surface area contributed by atoms with Gasteiger partial charge in [0.25, 0.3) is 0 Å². The van der Waals surface area contributed by atoms with Crippen molar-refractivity contribution in [2.24, 2.45) is 11.3 Å². The predicted octanol–water partition coefficient (Wildman–Crippen LogP) is 2.25. The molecule has 0 radical (unpaired) electrons. The van der Waals surface area contributed by atoms with Gasteiger partial charge in [-0.3, -0.25) is 9.59 Å². The first-order valence-corrected chi connectivity index (χ1v) is 5.89. The van der Waals surface area contributed by atoms with Crippen molar-refractivity contribution in [3.63, 3.8) is 0 Å². The van der Waals surface area contributed by atoms with Gasteiger partial charge in [0.15, 0.2) is 5.41 Å². The van der Waals surface area contributed by atoms with Crippen LogP contribution in [0.5, 0.6) is 0 Å². The molecular weight excluding hydrogens is 232 g/mol. The SMILES string of the molecule is C=C1CCC(C(=O)OC)(C(=O)OC)C(C(=C)C)C1. The average molecular weight is 252 g/mol. The van der Waals surface area contributed by atoms with Crippen molar-refractivity contribution in [3.8, 4) is 0 Å². The molecule has 0 aromatic heterocycles. The second kappa shape index (κ2) is 5.38. The van der Waals surface area contributed by atoms with E-state index in [4.69, 9.17) is 9.47 Å². The third kappa shape index (κ3) is 2.19. The quantitative estimate of drug-likeness (QED) is 0.439. The van der Waals surface area contributed by atoms with Crippen LogP contribution in [0.25, 0.3) is 0 Å². The van der Waals surface area contributed by atoms with Gasteiger partial charge < -0.3 is 9.47 Å². The van der Waals surface area contributed by atoms with Crippen LogP contribution in [0.2, 0.25) is 0 Å². The van der Waals surface area contributed by atoms with Gasteiger partial charge in [-0.15, -0.1) is 0 Å². The fraction of sp³-hybridized carbons (Fsp3) is 0.571. The van der Waals surface area contributed by atoms with E-state index < -0.39 is 17.4 Å². The highest BCUT2D eigenvalue weighted by molar-refractivity contribution is 6.01. The molecule has 0 aromatic rings. The van der Waals surface area contributed by atoms with E-state index in [-0.39, 0.29) is 5.92 Å². The Balaban J connectivity index is 3.29. The summed E-state index contributed by atoms with van der Waals surface area (Å²) in [5.41, 5.74) is 0.523. The molecule has 0 spiro atoms. The van der Waals surface area contributed by atoms with Crippen molar-refractivity contribution >= 4 is 11.9 Å². The number of rotatable bonds is 3. The van der Waals surface area contributed by atoms with Gasteiger partial charge in [-0.25, -0.2) is 0 Å². The lowest BCUT2D eigenvalue weighted by atomic mass is 9.62. The highest BCUT2D eigenvalue weighted by atomic mass is 16.5. The van der Waals surface area contributed by atoms with Gasteiger partial charge in [-0.05, 0) is 26.2 Å². The van der Waals surface area contributed by atoms with Gasteiger partial charge in [0.05, 0.1) is 14.2 Å². The maximum atomic E-state index is 12.1. The summed E-state index contributed by atoms with van der Waals surface area (Å²) in [4.78, 5) is 24.2. The maximum absolute atomic E-state index is 12.1. The molecular formula is C14H20O4. The molecule has 100 valence electrons. The lowest BCUT2D eigenvalue weighted by molar-refractivity contribution is -0.174. The number of carbonyl (C=O) groups is 2. The van der Waals surface area contributed by atoms with Crippen LogP contribution in [0.15, 0.2) is 24.3 Å². The molecule has 18 heavy (non-hydrogen) atoms. The van der Waals surface area contributed by atoms with Crippen molar-refractivity contribution in [1.29, 1.82) is 0 Å². The van der Waals surface area contributed by atoms with Crippen LogP contribution in [0.3, 0.4) is 0 Å². The Morgan fingerprint density at radius 2 is 1.78 bits per heavy atom. The van der Waals surface area contributed by atoms with E-state index >= 15 is 0 Å². The summed E-state index contributed by atoms with van der Waals surface area (Å²) in [6.07, 6.45) is 1.55. The highest BCUT2D eigenvalue weighted by Crippen LogP contribution is 2.47. The van der Waals surface area contributed by atoms with E-state index in [1.54, 1.807) is 0 Å². The fourth-order valence-corrected chi connectivity index (χ4v) is 2.64. The largest absolute Gasteiger partial charge is 0.468 e. The van der Waals surface area contributed by atoms with Crippen LogP contribution in [0.4, 0.5) is 0 Å². The molecule has 0 aromatic carbocycles. The molecule has 1 saturated carbocycles. The predicted molar refractivity (Wildman–Crippen MR) is 67.8 cm³/mol. The lowest BCUT2D eigenvalue weighted by Gasteiger charge is -2.40. The summed E-state index contributed by atoms with van der Waals surface area (Å²) >= 11 is 0. The molecule has 0 saturated heterocycles. The van der Waals surface area contributed by atoms with Crippen molar-refractivity contribution in [2.75, 3.05) is 14.2 Å².